The van der Waals surface area contributed by atoms with E-state index in [0.717, 1.165) is 16.9 Å². The molecule has 3 heterocycles. The Morgan fingerprint density at radius 2 is 2.22 bits per heavy atom. The zero-order valence-electron chi connectivity index (χ0n) is 13.4. The Balaban J connectivity index is 2.03. The van der Waals surface area contributed by atoms with Gasteiger partial charge in [0.1, 0.15) is 11.0 Å². The quantitative estimate of drug-likeness (QED) is 0.851. The molecule has 0 amide bonds. The van der Waals surface area contributed by atoms with Crippen LogP contribution >= 0.6 is 11.3 Å². The lowest BCUT2D eigenvalue weighted by atomic mass is 10.2. The molecule has 0 unspecified atom stereocenters. The molecule has 0 N–H and O–H groups in total. The third kappa shape index (κ3) is 3.13. The number of aryl methyl sites for hydroxylation is 2. The molecule has 1 aliphatic heterocycles. The van der Waals surface area contributed by atoms with Gasteiger partial charge in [-0.05, 0) is 44.0 Å². The third-order valence-electron chi connectivity index (χ3n) is 3.99. The predicted octanol–water partition coefficient (Wildman–Crippen LogP) is 3.12. The summed E-state index contributed by atoms with van der Waals surface area (Å²) >= 11 is 1.69. The summed E-state index contributed by atoms with van der Waals surface area (Å²) in [5.74, 6) is 0.208. The van der Waals surface area contributed by atoms with Crippen LogP contribution < -0.4 is 4.74 Å². The largest absolute Gasteiger partial charge is 0.472 e. The lowest BCUT2D eigenvalue weighted by molar-refractivity contribution is 0.162. The number of fused-ring (bicyclic) bond motifs is 1. The molecule has 3 rings (SSSR count). The summed E-state index contributed by atoms with van der Waals surface area (Å²) in [6, 6.07) is 5.25. The second-order valence-corrected chi connectivity index (χ2v) is 9.06. The molecule has 0 bridgehead atoms. The van der Waals surface area contributed by atoms with Crippen LogP contribution in [0.2, 0.25) is 0 Å². The predicted molar refractivity (Wildman–Crippen MR) is 90.3 cm³/mol. The maximum absolute atomic E-state index is 13.0. The van der Waals surface area contributed by atoms with Gasteiger partial charge in [0.15, 0.2) is 0 Å². The van der Waals surface area contributed by atoms with Crippen molar-refractivity contribution in [3.63, 3.8) is 0 Å². The zero-order valence-corrected chi connectivity index (χ0v) is 15.1. The molecule has 23 heavy (non-hydrogen) atoms. The van der Waals surface area contributed by atoms with Crippen molar-refractivity contribution in [2.45, 2.75) is 44.7 Å². The molecule has 2 aromatic heterocycles. The van der Waals surface area contributed by atoms with Gasteiger partial charge in [0.25, 0.3) is 0 Å². The van der Waals surface area contributed by atoms with Gasteiger partial charge in [0, 0.05) is 22.5 Å². The van der Waals surface area contributed by atoms with Gasteiger partial charge in [-0.3, -0.25) is 0 Å². The highest BCUT2D eigenvalue weighted by molar-refractivity contribution is 7.89. The smallest absolute Gasteiger partial charge is 0.248 e. The number of nitrogens with zero attached hydrogens (tertiary/aromatic N) is 2. The van der Waals surface area contributed by atoms with E-state index in [2.05, 4.69) is 11.1 Å². The second kappa shape index (κ2) is 6.22. The second-order valence-electron chi connectivity index (χ2n) is 5.69. The van der Waals surface area contributed by atoms with E-state index in [4.69, 9.17) is 4.74 Å². The highest BCUT2D eigenvalue weighted by Crippen LogP contribution is 2.32. The van der Waals surface area contributed by atoms with Crippen molar-refractivity contribution >= 4 is 21.4 Å². The first-order valence-corrected chi connectivity index (χ1v) is 9.85. The van der Waals surface area contributed by atoms with Gasteiger partial charge >= 0.3 is 0 Å². The maximum atomic E-state index is 13.0. The van der Waals surface area contributed by atoms with Gasteiger partial charge in [-0.1, -0.05) is 6.92 Å². The Morgan fingerprint density at radius 3 is 2.87 bits per heavy atom. The molecule has 2 aromatic rings. The number of aromatic nitrogens is 1. The van der Waals surface area contributed by atoms with Gasteiger partial charge in [-0.25, -0.2) is 13.4 Å². The number of pyridine rings is 1. The van der Waals surface area contributed by atoms with E-state index in [-0.39, 0.29) is 16.9 Å². The van der Waals surface area contributed by atoms with Crippen LogP contribution in [0, 0.1) is 13.8 Å². The molecule has 5 nitrogen and oxygen atoms in total. The van der Waals surface area contributed by atoms with E-state index in [0.29, 0.717) is 13.1 Å². The van der Waals surface area contributed by atoms with Gasteiger partial charge < -0.3 is 4.74 Å². The minimum atomic E-state index is -3.62. The number of hydrogen-bond donors (Lipinski definition) is 0. The number of rotatable bonds is 3. The number of ether oxygens (including phenoxy) is 1. The monoisotopic (exact) mass is 352 g/mol. The molecule has 0 fully saturated rings. The van der Waals surface area contributed by atoms with Gasteiger partial charge in [0.05, 0.1) is 6.54 Å². The van der Waals surface area contributed by atoms with E-state index in [9.17, 15) is 8.42 Å². The Bertz CT molecular complexity index is 814. The van der Waals surface area contributed by atoms with Gasteiger partial charge in [-0.2, -0.15) is 4.31 Å². The van der Waals surface area contributed by atoms with Gasteiger partial charge in [-0.15, -0.1) is 11.3 Å². The minimum Gasteiger partial charge on any atom is -0.472 e. The molecule has 1 aliphatic rings. The van der Waals surface area contributed by atoms with Gasteiger partial charge in [0.2, 0.25) is 15.9 Å². The van der Waals surface area contributed by atoms with Crippen LogP contribution in [0.25, 0.3) is 0 Å². The molecule has 0 aromatic carbocycles. The molecule has 0 saturated heterocycles. The fourth-order valence-corrected chi connectivity index (χ4v) is 5.17. The standard InChI is InChI=1S/C16H20N2O3S2/c1-4-14-10-18(9-13-8-11(2)22-12(13)3)23(19,20)15-6-5-7-17-16(15)21-14/h5-8,14H,4,9-10H2,1-3H3/t14-/m1/s1. The summed E-state index contributed by atoms with van der Waals surface area (Å²) in [6.45, 7) is 6.76. The normalized spacial score (nSPS) is 20.6. The SMILES string of the molecule is CC[C@@H]1CN(Cc2cc(C)sc2C)S(=O)(=O)c2cccnc2O1. The fourth-order valence-electron chi connectivity index (χ4n) is 2.71. The summed E-state index contributed by atoms with van der Waals surface area (Å²) < 4.78 is 33.4. The Labute approximate surface area is 141 Å². The van der Waals surface area contributed by atoms with Crippen LogP contribution in [0.15, 0.2) is 29.3 Å². The number of sulfonamides is 1. The first kappa shape index (κ1) is 16.4. The van der Waals surface area contributed by atoms with E-state index in [1.165, 1.54) is 9.18 Å². The van der Waals surface area contributed by atoms with E-state index in [1.807, 2.05) is 20.8 Å². The van der Waals surface area contributed by atoms with Crippen molar-refractivity contribution in [1.29, 1.82) is 0 Å². The summed E-state index contributed by atoms with van der Waals surface area (Å²) in [5, 5.41) is 0. The molecule has 0 saturated carbocycles. The lowest BCUT2D eigenvalue weighted by Gasteiger charge is -2.22. The van der Waals surface area contributed by atoms with Crippen molar-refractivity contribution in [3.8, 4) is 5.88 Å². The Morgan fingerprint density at radius 1 is 1.43 bits per heavy atom. The zero-order chi connectivity index (χ0) is 16.6. The van der Waals surface area contributed by atoms with Crippen LogP contribution in [-0.4, -0.2) is 30.4 Å². The van der Waals surface area contributed by atoms with E-state index >= 15 is 0 Å². The number of hydrogen-bond acceptors (Lipinski definition) is 5. The van der Waals surface area contributed by atoms with Crippen molar-refractivity contribution in [2.75, 3.05) is 6.54 Å². The Hall–Kier alpha value is -1.44. The lowest BCUT2D eigenvalue weighted by Crippen LogP contribution is -2.36. The van der Waals surface area contributed by atoms with Crippen LogP contribution in [0.3, 0.4) is 0 Å². The number of thiophene rings is 1. The third-order valence-corrected chi connectivity index (χ3v) is 6.82. The molecular formula is C16H20N2O3S2. The highest BCUT2D eigenvalue weighted by Gasteiger charge is 2.35. The summed E-state index contributed by atoms with van der Waals surface area (Å²) in [4.78, 5) is 6.61. The fraction of sp³-hybridized carbons (Fsp3) is 0.438. The van der Waals surface area contributed by atoms with Crippen LogP contribution in [-0.2, 0) is 16.6 Å². The van der Waals surface area contributed by atoms with Crippen LogP contribution in [0.1, 0.15) is 28.7 Å². The molecule has 0 radical (unpaired) electrons. The van der Waals surface area contributed by atoms with Crippen molar-refractivity contribution in [1.82, 2.24) is 9.29 Å². The van der Waals surface area contributed by atoms with Crippen molar-refractivity contribution < 1.29 is 13.2 Å². The molecule has 0 aliphatic carbocycles. The molecule has 124 valence electrons. The van der Waals surface area contributed by atoms with E-state index < -0.39 is 10.0 Å². The highest BCUT2D eigenvalue weighted by atomic mass is 32.2. The Kier molecular flexibility index (Phi) is 4.44. The van der Waals surface area contributed by atoms with Crippen LogP contribution in [0.5, 0.6) is 5.88 Å². The average Bonchev–Trinajstić information content (AvgIpc) is 2.77. The maximum Gasteiger partial charge on any atom is 0.248 e. The molecule has 0 spiro atoms. The molecule has 1 atom stereocenters. The molecular weight excluding hydrogens is 332 g/mol. The van der Waals surface area contributed by atoms with Crippen LogP contribution in [0.4, 0.5) is 0 Å². The summed E-state index contributed by atoms with van der Waals surface area (Å²) in [6.07, 6.45) is 2.09. The van der Waals surface area contributed by atoms with E-state index in [1.54, 1.807) is 29.7 Å². The topological polar surface area (TPSA) is 59.5 Å². The summed E-state index contributed by atoms with van der Waals surface area (Å²) in [7, 11) is -3.62. The first-order chi connectivity index (χ1) is 10.9. The average molecular weight is 352 g/mol. The first-order valence-electron chi connectivity index (χ1n) is 7.59. The van der Waals surface area contributed by atoms with Crippen molar-refractivity contribution in [2.24, 2.45) is 0 Å². The minimum absolute atomic E-state index is 0.153. The molecule has 7 heteroatoms. The summed E-state index contributed by atoms with van der Waals surface area (Å²) in [5.41, 5.74) is 1.05. The van der Waals surface area contributed by atoms with Crippen molar-refractivity contribution in [3.05, 3.63) is 39.7 Å².